The number of anilines is 1. The minimum absolute atomic E-state index is 0.269. The summed E-state index contributed by atoms with van der Waals surface area (Å²) in [7, 11) is 1.71. The molecule has 2 aliphatic heterocycles. The fourth-order valence-electron chi connectivity index (χ4n) is 3.89. The second kappa shape index (κ2) is 9.35. The fraction of sp³-hybridized carbons (Fsp3) is 0.455. The van der Waals surface area contributed by atoms with Crippen LogP contribution in [-0.4, -0.2) is 64.4 Å². The molecule has 2 N–H and O–H groups in total. The zero-order valence-electron chi connectivity index (χ0n) is 16.8. The van der Waals surface area contributed by atoms with E-state index in [-0.39, 0.29) is 6.79 Å². The molecule has 2 heterocycles. The number of hydrogen-bond donors (Lipinski definition) is 2. The molecule has 0 aromatic heterocycles. The SMILES string of the molecule is COc1ccccc1N1CC[NH+](C[C@@H](O)COCc2ccc3c(c2)OCO3)CC1. The lowest BCUT2D eigenvalue weighted by Crippen LogP contribution is -3.16. The molecular weight excluding hydrogens is 372 g/mol. The number of para-hydroxylation sites is 2. The van der Waals surface area contributed by atoms with Crippen molar-refractivity contribution in [3.8, 4) is 17.2 Å². The highest BCUT2D eigenvalue weighted by Crippen LogP contribution is 2.32. The van der Waals surface area contributed by atoms with Gasteiger partial charge in [-0.25, -0.2) is 0 Å². The van der Waals surface area contributed by atoms with Crippen LogP contribution in [0.5, 0.6) is 17.2 Å². The third-order valence-electron chi connectivity index (χ3n) is 5.44. The Kier molecular flexibility index (Phi) is 6.39. The van der Waals surface area contributed by atoms with Crippen LogP contribution in [-0.2, 0) is 11.3 Å². The van der Waals surface area contributed by atoms with Gasteiger partial charge in [0.2, 0.25) is 6.79 Å². The highest BCUT2D eigenvalue weighted by Gasteiger charge is 2.24. The molecule has 0 unspecified atom stereocenters. The van der Waals surface area contributed by atoms with E-state index in [9.17, 15) is 5.11 Å². The molecule has 1 atom stereocenters. The van der Waals surface area contributed by atoms with Crippen LogP contribution in [0.2, 0.25) is 0 Å². The molecule has 7 heteroatoms. The van der Waals surface area contributed by atoms with Gasteiger partial charge in [0.05, 0.1) is 52.2 Å². The number of rotatable bonds is 8. The van der Waals surface area contributed by atoms with E-state index in [4.69, 9.17) is 18.9 Å². The predicted molar refractivity (Wildman–Crippen MR) is 109 cm³/mol. The van der Waals surface area contributed by atoms with Crippen molar-refractivity contribution >= 4 is 5.69 Å². The van der Waals surface area contributed by atoms with Gasteiger partial charge in [-0.3, -0.25) is 0 Å². The van der Waals surface area contributed by atoms with Gasteiger partial charge in [0, 0.05) is 0 Å². The number of fused-ring (bicyclic) bond motifs is 1. The number of piperazine rings is 1. The first kappa shape index (κ1) is 19.8. The number of aliphatic hydroxyl groups is 1. The average Bonchev–Trinajstić information content (AvgIpc) is 3.22. The van der Waals surface area contributed by atoms with E-state index in [0.717, 1.165) is 54.7 Å². The molecule has 1 fully saturated rings. The van der Waals surface area contributed by atoms with E-state index in [1.807, 2.05) is 36.4 Å². The molecule has 4 rings (SSSR count). The highest BCUT2D eigenvalue weighted by atomic mass is 16.7. The van der Waals surface area contributed by atoms with Crippen molar-refractivity contribution in [2.24, 2.45) is 0 Å². The number of benzene rings is 2. The molecule has 0 radical (unpaired) electrons. The second-order valence-electron chi connectivity index (χ2n) is 7.47. The second-order valence-corrected chi connectivity index (χ2v) is 7.47. The number of ether oxygens (including phenoxy) is 4. The summed E-state index contributed by atoms with van der Waals surface area (Å²) in [6.45, 7) is 5.60. The summed E-state index contributed by atoms with van der Waals surface area (Å²) in [5.74, 6) is 2.43. The Morgan fingerprint density at radius 2 is 1.90 bits per heavy atom. The molecule has 29 heavy (non-hydrogen) atoms. The van der Waals surface area contributed by atoms with Crippen molar-refractivity contribution in [1.29, 1.82) is 0 Å². The van der Waals surface area contributed by atoms with Crippen molar-refractivity contribution in [3.05, 3.63) is 48.0 Å². The van der Waals surface area contributed by atoms with Gasteiger partial charge in [-0.15, -0.1) is 0 Å². The third kappa shape index (κ3) is 4.93. The first-order chi connectivity index (χ1) is 14.2. The Hall–Kier alpha value is -2.48. The van der Waals surface area contributed by atoms with Crippen LogP contribution < -0.4 is 24.0 Å². The molecule has 2 aromatic rings. The molecule has 2 aliphatic rings. The number of quaternary nitrogens is 1. The van der Waals surface area contributed by atoms with Crippen LogP contribution in [0, 0.1) is 0 Å². The van der Waals surface area contributed by atoms with Gasteiger partial charge >= 0.3 is 0 Å². The zero-order chi connectivity index (χ0) is 20.1. The smallest absolute Gasteiger partial charge is 0.231 e. The maximum absolute atomic E-state index is 10.4. The van der Waals surface area contributed by atoms with E-state index < -0.39 is 6.10 Å². The van der Waals surface area contributed by atoms with Crippen molar-refractivity contribution in [2.45, 2.75) is 12.7 Å². The Bertz CT molecular complexity index is 808. The molecule has 7 nitrogen and oxygen atoms in total. The van der Waals surface area contributed by atoms with Crippen LogP contribution in [0.4, 0.5) is 5.69 Å². The summed E-state index contributed by atoms with van der Waals surface area (Å²) >= 11 is 0. The van der Waals surface area contributed by atoms with E-state index in [0.29, 0.717) is 19.8 Å². The average molecular weight is 401 g/mol. The van der Waals surface area contributed by atoms with Gasteiger partial charge < -0.3 is 33.9 Å². The topological polar surface area (TPSA) is 64.8 Å². The van der Waals surface area contributed by atoms with Crippen LogP contribution in [0.3, 0.4) is 0 Å². The fourth-order valence-corrected chi connectivity index (χ4v) is 3.89. The van der Waals surface area contributed by atoms with Gasteiger partial charge in [0.1, 0.15) is 18.4 Å². The summed E-state index contributed by atoms with van der Waals surface area (Å²) in [5, 5.41) is 10.4. The van der Waals surface area contributed by atoms with Crippen molar-refractivity contribution < 1.29 is 29.0 Å². The molecule has 0 bridgehead atoms. The Labute approximate surface area is 171 Å². The Morgan fingerprint density at radius 1 is 1.10 bits per heavy atom. The number of methoxy groups -OCH3 is 1. The van der Waals surface area contributed by atoms with Gasteiger partial charge in [-0.2, -0.15) is 0 Å². The predicted octanol–water partition coefficient (Wildman–Crippen LogP) is 0.707. The lowest BCUT2D eigenvalue weighted by Gasteiger charge is -2.35. The van der Waals surface area contributed by atoms with Gasteiger partial charge in [-0.05, 0) is 29.8 Å². The molecule has 0 amide bonds. The summed E-state index contributed by atoms with van der Waals surface area (Å²) in [4.78, 5) is 3.75. The molecule has 2 aromatic carbocycles. The maximum Gasteiger partial charge on any atom is 0.231 e. The molecule has 156 valence electrons. The van der Waals surface area contributed by atoms with E-state index >= 15 is 0 Å². The van der Waals surface area contributed by atoms with Gasteiger partial charge in [0.25, 0.3) is 0 Å². The van der Waals surface area contributed by atoms with Crippen LogP contribution in [0.1, 0.15) is 5.56 Å². The summed E-state index contributed by atoms with van der Waals surface area (Å²) in [6.07, 6.45) is -0.475. The van der Waals surface area contributed by atoms with E-state index in [2.05, 4.69) is 11.0 Å². The minimum atomic E-state index is -0.475. The summed E-state index contributed by atoms with van der Waals surface area (Å²) in [5.41, 5.74) is 2.15. The standard InChI is InChI=1S/C22H28N2O5/c1-26-20-5-3-2-4-19(20)24-10-8-23(9-11-24)13-18(25)15-27-14-17-6-7-21-22(12-17)29-16-28-21/h2-7,12,18,25H,8-11,13-16H2,1H3/p+1/t18-/m1/s1. The van der Waals surface area contributed by atoms with Gasteiger partial charge in [-0.1, -0.05) is 18.2 Å². The first-order valence-electron chi connectivity index (χ1n) is 10.1. The largest absolute Gasteiger partial charge is 0.495 e. The molecule has 1 saturated heterocycles. The van der Waals surface area contributed by atoms with E-state index in [1.54, 1.807) is 7.11 Å². The Balaban J connectivity index is 1.18. The lowest BCUT2D eigenvalue weighted by molar-refractivity contribution is -0.903. The van der Waals surface area contributed by atoms with Gasteiger partial charge in [0.15, 0.2) is 11.5 Å². The first-order valence-corrected chi connectivity index (χ1v) is 10.1. The van der Waals surface area contributed by atoms with Crippen molar-refractivity contribution in [3.63, 3.8) is 0 Å². The quantitative estimate of drug-likeness (QED) is 0.679. The number of aliphatic hydroxyl groups excluding tert-OH is 1. The number of nitrogens with zero attached hydrogens (tertiary/aromatic N) is 1. The number of hydrogen-bond acceptors (Lipinski definition) is 6. The van der Waals surface area contributed by atoms with Crippen molar-refractivity contribution in [2.75, 3.05) is 58.1 Å². The van der Waals surface area contributed by atoms with Crippen LogP contribution in [0.15, 0.2) is 42.5 Å². The van der Waals surface area contributed by atoms with E-state index in [1.165, 1.54) is 4.90 Å². The van der Waals surface area contributed by atoms with Crippen LogP contribution >= 0.6 is 0 Å². The molecule has 0 saturated carbocycles. The summed E-state index contributed by atoms with van der Waals surface area (Å²) in [6, 6.07) is 13.9. The highest BCUT2D eigenvalue weighted by molar-refractivity contribution is 5.58. The Morgan fingerprint density at radius 3 is 2.72 bits per heavy atom. The summed E-state index contributed by atoms with van der Waals surface area (Å²) < 4.78 is 21.9. The normalized spacial score (nSPS) is 17.4. The molecule has 0 aliphatic carbocycles. The maximum atomic E-state index is 10.4. The molecule has 0 spiro atoms. The number of nitrogens with one attached hydrogen (secondary N) is 1. The van der Waals surface area contributed by atoms with Crippen LogP contribution in [0.25, 0.3) is 0 Å². The third-order valence-corrected chi connectivity index (χ3v) is 5.44. The molecular formula is C22H29N2O5+. The monoisotopic (exact) mass is 401 g/mol. The minimum Gasteiger partial charge on any atom is -0.495 e. The van der Waals surface area contributed by atoms with Crippen molar-refractivity contribution in [1.82, 2.24) is 0 Å². The zero-order valence-corrected chi connectivity index (χ0v) is 16.8. The lowest BCUT2D eigenvalue weighted by atomic mass is 10.2.